The van der Waals surface area contributed by atoms with Gasteiger partial charge in [-0.15, -0.1) is 0 Å². The molecular weight excluding hydrogens is 356 g/mol. The van der Waals surface area contributed by atoms with Crippen LogP contribution in [-0.2, 0) is 0 Å². The van der Waals surface area contributed by atoms with Crippen molar-refractivity contribution < 1.29 is 14.3 Å². The van der Waals surface area contributed by atoms with Crippen LogP contribution in [0, 0.1) is 0 Å². The molecule has 1 N–H and O–H groups in total. The molecule has 1 aromatic carbocycles. The van der Waals surface area contributed by atoms with Gasteiger partial charge in [0.25, 0.3) is 0 Å². The Hall–Kier alpha value is -2.54. The molecule has 1 atom stereocenters. The van der Waals surface area contributed by atoms with Crippen LogP contribution in [0.3, 0.4) is 0 Å². The van der Waals surface area contributed by atoms with Crippen LogP contribution in [0.1, 0.15) is 19.8 Å². The van der Waals surface area contributed by atoms with Crippen LogP contribution >= 0.6 is 11.6 Å². The van der Waals surface area contributed by atoms with E-state index in [4.69, 9.17) is 21.1 Å². The minimum absolute atomic E-state index is 0.143. The molecule has 2 aromatic rings. The molecule has 0 spiro atoms. The first-order valence-corrected chi connectivity index (χ1v) is 8.95. The first kappa shape index (κ1) is 18.3. The van der Waals surface area contributed by atoms with Crippen LogP contribution in [0.15, 0.2) is 36.7 Å². The predicted octanol–water partition coefficient (Wildman–Crippen LogP) is 3.60. The highest BCUT2D eigenvalue weighted by Crippen LogP contribution is 2.19. The Morgan fingerprint density at radius 3 is 2.73 bits per heavy atom. The van der Waals surface area contributed by atoms with Crippen molar-refractivity contribution in [1.82, 2.24) is 14.9 Å². The summed E-state index contributed by atoms with van der Waals surface area (Å²) < 4.78 is 11.2. The highest BCUT2D eigenvalue weighted by molar-refractivity contribution is 6.30. The fourth-order valence-corrected chi connectivity index (χ4v) is 2.83. The maximum absolute atomic E-state index is 12.5. The normalized spacial score (nSPS) is 16.8. The number of anilines is 1. The summed E-state index contributed by atoms with van der Waals surface area (Å²) in [7, 11) is 0. The van der Waals surface area contributed by atoms with Crippen LogP contribution < -0.4 is 14.8 Å². The molecule has 2 amide bonds. The van der Waals surface area contributed by atoms with Crippen molar-refractivity contribution in [2.24, 2.45) is 0 Å². The summed E-state index contributed by atoms with van der Waals surface area (Å²) >= 11 is 5.77. The van der Waals surface area contributed by atoms with E-state index < -0.39 is 0 Å². The first-order valence-electron chi connectivity index (χ1n) is 8.57. The standard InChI is InChI=1S/C18H21ClN4O3/c1-2-25-15-7-5-14(6-8-15)22-18(24)23-9-3-4-16(12-23)26-17-20-10-13(19)11-21-17/h5-8,10-11,16H,2-4,9,12H2,1H3,(H,22,24). The second-order valence-electron chi connectivity index (χ2n) is 5.90. The van der Waals surface area contributed by atoms with Crippen LogP contribution in [0.5, 0.6) is 11.8 Å². The molecule has 1 aliphatic rings. The largest absolute Gasteiger partial charge is 0.494 e. The molecule has 7 nitrogen and oxygen atoms in total. The van der Waals surface area contributed by atoms with Gasteiger partial charge >= 0.3 is 12.0 Å². The van der Waals surface area contributed by atoms with Gasteiger partial charge < -0.3 is 19.7 Å². The second-order valence-corrected chi connectivity index (χ2v) is 6.34. The molecule has 0 saturated carbocycles. The first-order chi connectivity index (χ1) is 12.6. The Balaban J connectivity index is 1.54. The zero-order valence-corrected chi connectivity index (χ0v) is 15.3. The molecule has 1 fully saturated rings. The number of benzene rings is 1. The van der Waals surface area contributed by atoms with E-state index in [1.165, 1.54) is 12.4 Å². The third kappa shape index (κ3) is 4.98. The molecule has 0 bridgehead atoms. The Morgan fingerprint density at radius 1 is 1.31 bits per heavy atom. The van der Waals surface area contributed by atoms with Crippen molar-refractivity contribution in [3.05, 3.63) is 41.7 Å². The molecule has 138 valence electrons. The number of urea groups is 1. The van der Waals surface area contributed by atoms with E-state index in [1.807, 2.05) is 31.2 Å². The Kier molecular flexibility index (Phi) is 6.12. The van der Waals surface area contributed by atoms with E-state index >= 15 is 0 Å². The number of carbonyl (C=O) groups excluding carboxylic acids is 1. The average molecular weight is 377 g/mol. The number of aromatic nitrogens is 2. The minimum Gasteiger partial charge on any atom is -0.494 e. The SMILES string of the molecule is CCOc1ccc(NC(=O)N2CCCC(Oc3ncc(Cl)cn3)C2)cc1. The van der Waals surface area contributed by atoms with Crippen molar-refractivity contribution in [3.8, 4) is 11.8 Å². The van der Waals surface area contributed by atoms with Gasteiger partial charge in [0.1, 0.15) is 11.9 Å². The molecular formula is C18H21ClN4O3. The topological polar surface area (TPSA) is 76.6 Å². The van der Waals surface area contributed by atoms with Crippen molar-refractivity contribution in [3.63, 3.8) is 0 Å². The van der Waals surface area contributed by atoms with Crippen LogP contribution in [0.4, 0.5) is 10.5 Å². The maximum atomic E-state index is 12.5. The van der Waals surface area contributed by atoms with Gasteiger partial charge in [-0.25, -0.2) is 14.8 Å². The molecule has 0 radical (unpaired) electrons. The zero-order valence-electron chi connectivity index (χ0n) is 14.5. The number of carbonyl (C=O) groups is 1. The Morgan fingerprint density at radius 2 is 2.04 bits per heavy atom. The summed E-state index contributed by atoms with van der Waals surface area (Å²) in [6.07, 6.45) is 4.54. The smallest absolute Gasteiger partial charge is 0.321 e. The number of likely N-dealkylation sites (tertiary alicyclic amines) is 1. The molecule has 1 unspecified atom stereocenters. The lowest BCUT2D eigenvalue weighted by molar-refractivity contribution is 0.0983. The van der Waals surface area contributed by atoms with E-state index in [9.17, 15) is 4.79 Å². The van der Waals surface area contributed by atoms with Gasteiger partial charge in [-0.2, -0.15) is 0 Å². The summed E-state index contributed by atoms with van der Waals surface area (Å²) in [6, 6.07) is 7.43. The number of piperidine rings is 1. The van der Waals surface area contributed by atoms with E-state index in [1.54, 1.807) is 4.90 Å². The number of ether oxygens (including phenoxy) is 2. The Labute approximate surface area is 157 Å². The van der Waals surface area contributed by atoms with Gasteiger partial charge in [0.2, 0.25) is 0 Å². The highest BCUT2D eigenvalue weighted by atomic mass is 35.5. The third-order valence-corrected chi connectivity index (χ3v) is 4.15. The van der Waals surface area contributed by atoms with Gasteiger partial charge in [-0.1, -0.05) is 11.6 Å². The van der Waals surface area contributed by atoms with Gasteiger partial charge in [-0.05, 0) is 44.0 Å². The second kappa shape index (κ2) is 8.71. The number of nitrogens with zero attached hydrogens (tertiary/aromatic N) is 3. The fourth-order valence-electron chi connectivity index (χ4n) is 2.73. The molecule has 3 rings (SSSR count). The van der Waals surface area contributed by atoms with Crippen LogP contribution in [0.25, 0.3) is 0 Å². The molecule has 1 aromatic heterocycles. The monoisotopic (exact) mass is 376 g/mol. The molecule has 0 aliphatic carbocycles. The number of halogens is 1. The van der Waals surface area contributed by atoms with Crippen molar-refractivity contribution >= 4 is 23.3 Å². The van der Waals surface area contributed by atoms with Crippen LogP contribution in [-0.4, -0.2) is 46.7 Å². The number of hydrogen-bond donors (Lipinski definition) is 1. The summed E-state index contributed by atoms with van der Waals surface area (Å²) in [6.45, 7) is 3.71. The van der Waals surface area contributed by atoms with Crippen LogP contribution in [0.2, 0.25) is 5.02 Å². The van der Waals surface area contributed by atoms with E-state index in [0.717, 1.165) is 24.3 Å². The van der Waals surface area contributed by atoms with Crippen molar-refractivity contribution in [2.45, 2.75) is 25.9 Å². The lowest BCUT2D eigenvalue weighted by atomic mass is 10.1. The molecule has 1 saturated heterocycles. The number of hydrogen-bond acceptors (Lipinski definition) is 5. The number of nitrogens with one attached hydrogen (secondary N) is 1. The fraction of sp³-hybridized carbons (Fsp3) is 0.389. The highest BCUT2D eigenvalue weighted by Gasteiger charge is 2.25. The summed E-state index contributed by atoms with van der Waals surface area (Å²) in [5.41, 5.74) is 0.725. The molecule has 26 heavy (non-hydrogen) atoms. The van der Waals surface area contributed by atoms with Crippen molar-refractivity contribution in [1.29, 1.82) is 0 Å². The summed E-state index contributed by atoms with van der Waals surface area (Å²) in [4.78, 5) is 22.3. The quantitative estimate of drug-likeness (QED) is 0.862. The predicted molar refractivity (Wildman–Crippen MR) is 98.9 cm³/mol. The zero-order chi connectivity index (χ0) is 18.4. The minimum atomic E-state index is -0.153. The molecule has 8 heteroatoms. The lowest BCUT2D eigenvalue weighted by Gasteiger charge is -2.32. The summed E-state index contributed by atoms with van der Waals surface area (Å²) in [5.74, 6) is 0.778. The van der Waals surface area contributed by atoms with Gasteiger partial charge in [0, 0.05) is 12.2 Å². The van der Waals surface area contributed by atoms with Crippen molar-refractivity contribution in [2.75, 3.05) is 25.0 Å². The van der Waals surface area contributed by atoms with E-state index in [0.29, 0.717) is 24.7 Å². The molecule has 1 aliphatic heterocycles. The number of amides is 2. The van der Waals surface area contributed by atoms with E-state index in [-0.39, 0.29) is 18.1 Å². The third-order valence-electron chi connectivity index (χ3n) is 3.95. The summed E-state index contributed by atoms with van der Waals surface area (Å²) in [5, 5.41) is 3.36. The average Bonchev–Trinajstić information content (AvgIpc) is 2.66. The maximum Gasteiger partial charge on any atom is 0.321 e. The Bertz CT molecular complexity index is 724. The number of rotatable bonds is 5. The van der Waals surface area contributed by atoms with E-state index in [2.05, 4.69) is 15.3 Å². The molecule has 2 heterocycles. The van der Waals surface area contributed by atoms with Gasteiger partial charge in [0.15, 0.2) is 0 Å². The lowest BCUT2D eigenvalue weighted by Crippen LogP contribution is -2.46. The van der Waals surface area contributed by atoms with Gasteiger partial charge in [-0.3, -0.25) is 0 Å². The van der Waals surface area contributed by atoms with Gasteiger partial charge in [0.05, 0.1) is 30.6 Å².